The lowest BCUT2D eigenvalue weighted by atomic mass is 9.93. The van der Waals surface area contributed by atoms with E-state index in [1.807, 2.05) is 17.5 Å². The maximum absolute atomic E-state index is 4.89. The lowest BCUT2D eigenvalue weighted by Gasteiger charge is -2.14. The second kappa shape index (κ2) is 42.6. The van der Waals surface area contributed by atoms with E-state index >= 15 is 0 Å². The molecule has 0 aliphatic rings. The van der Waals surface area contributed by atoms with Crippen LogP contribution in [0.1, 0.15) is 0 Å². The number of nitrogens with zero attached hydrogens (tertiary/aromatic N) is 1. The summed E-state index contributed by atoms with van der Waals surface area (Å²) in [6, 6.07) is 208. The molecule has 0 saturated carbocycles. The normalized spacial score (nSPS) is 11.0. The van der Waals surface area contributed by atoms with E-state index in [9.17, 15) is 0 Å². The number of hydrogen-bond acceptors (Lipinski definition) is 5. The number of thiophene rings is 1. The molecule has 0 saturated heterocycles. The molecule has 5 heteroatoms. The van der Waals surface area contributed by atoms with E-state index in [1.54, 1.807) is 0 Å². The lowest BCUT2D eigenvalue weighted by Crippen LogP contribution is -1.93. The van der Waals surface area contributed by atoms with Gasteiger partial charge in [-0.05, 0) is 354 Å². The number of anilines is 6. The highest BCUT2D eigenvalue weighted by atomic mass is 32.1. The van der Waals surface area contributed by atoms with Crippen molar-refractivity contribution >= 4 is 76.4 Å². The summed E-state index contributed by atoms with van der Waals surface area (Å²) in [5.41, 5.74) is 44.2. The van der Waals surface area contributed by atoms with Gasteiger partial charge in [0.05, 0.1) is 17.6 Å². The molecule has 25 rings (SSSR count). The lowest BCUT2D eigenvalue weighted by molar-refractivity contribution is 1.32. The van der Waals surface area contributed by atoms with Crippen molar-refractivity contribution < 1.29 is 0 Å². The Hall–Kier alpha value is -18.9. The first kappa shape index (κ1) is 90.9. The van der Waals surface area contributed by atoms with Crippen molar-refractivity contribution in [2.45, 2.75) is 0 Å². The zero-order valence-electron chi connectivity index (χ0n) is 80.4. The van der Waals surface area contributed by atoms with Crippen molar-refractivity contribution in [2.75, 3.05) is 16.0 Å². The summed E-state index contributed by atoms with van der Waals surface area (Å²) >= 11 is 1.85. The smallest absolute Gasteiger partial charge is 0.0704 e. The van der Waals surface area contributed by atoms with E-state index in [0.717, 1.165) is 45.4 Å². The molecule has 690 valence electrons. The van der Waals surface area contributed by atoms with Gasteiger partial charge in [0, 0.05) is 54.2 Å². The molecule has 3 N–H and O–H groups in total. The molecule has 0 unspecified atom stereocenters. The minimum Gasteiger partial charge on any atom is -0.355 e. The van der Waals surface area contributed by atoms with Crippen LogP contribution in [0.15, 0.2) is 589 Å². The number of rotatable bonds is 22. The number of pyridine rings is 1. The summed E-state index contributed by atoms with van der Waals surface area (Å²) in [7, 11) is 0. The first-order valence-corrected chi connectivity index (χ1v) is 50.5. The average Bonchev–Trinajstić information content (AvgIpc) is 1.59. The first-order chi connectivity index (χ1) is 72.2. The number of aromatic nitrogens is 1. The minimum atomic E-state index is 0.934. The van der Waals surface area contributed by atoms with Gasteiger partial charge in [-0.2, -0.15) is 0 Å². The molecule has 0 spiro atoms. The van der Waals surface area contributed by atoms with E-state index in [1.165, 1.54) is 198 Å². The molecule has 146 heavy (non-hydrogen) atoms. The Morgan fingerprint density at radius 2 is 0.363 bits per heavy atom. The van der Waals surface area contributed by atoms with Gasteiger partial charge in [-0.3, -0.25) is 4.98 Å². The van der Waals surface area contributed by atoms with Crippen LogP contribution in [0, 0.1) is 0 Å². The van der Waals surface area contributed by atoms with E-state index in [-0.39, 0.29) is 0 Å². The first-order valence-electron chi connectivity index (χ1n) is 49.7. The van der Waals surface area contributed by atoms with Crippen LogP contribution in [0.3, 0.4) is 0 Å². The Bertz CT molecular complexity index is 8360. The minimum absolute atomic E-state index is 0.934. The van der Waals surface area contributed by atoms with Gasteiger partial charge in [-0.1, -0.05) is 406 Å². The van der Waals surface area contributed by atoms with Crippen LogP contribution in [-0.4, -0.2) is 4.98 Å². The molecule has 2 aromatic heterocycles. The predicted octanol–water partition coefficient (Wildman–Crippen LogP) is 39.9. The van der Waals surface area contributed by atoms with Gasteiger partial charge in [0.15, 0.2) is 0 Å². The summed E-state index contributed by atoms with van der Waals surface area (Å²) in [5.74, 6) is 0. The summed E-state index contributed by atoms with van der Waals surface area (Å²) in [6.07, 6.45) is 1.91. The highest BCUT2D eigenvalue weighted by Crippen LogP contribution is 2.45. The van der Waals surface area contributed by atoms with Crippen LogP contribution >= 0.6 is 11.3 Å². The van der Waals surface area contributed by atoms with Gasteiger partial charge in [-0.25, -0.2) is 0 Å². The standard InChI is InChI=1S/C52H35NS.C47H34N2.C42H31N/c1-4-13-35(14-5-1)40-27-41(36-15-6-2-7-16-36)29-42(28-40)39-23-25-51-49(33-39)50-34-45(24-26-52(50)54-51)53-46-31-43(37-17-8-3-9-18-37)30-44(32-46)48-22-12-20-38-19-10-11-21-47(38)48;1-5-13-34(14-6-1)39-27-40(35-15-7-2-8-16-35)29-41(28-39)38-21-23-45(24-22-38)49-46-25-26-47(48-33-46)44-31-42(36-17-9-3-10-18-36)30-43(32-44)37-19-11-4-12-20-37;1-5-13-31(14-6-1)36-25-37(32-15-7-2-8-16-32)27-38(26-36)35-21-23-41(24-22-35)43-42-29-39(33-17-9-3-10-18-33)28-40(30-42)34-19-11-4-12-20-34/h1-34,53H;1-33,49H;1-30,43H. The largest absolute Gasteiger partial charge is 0.355 e. The molecule has 0 aliphatic heterocycles. The van der Waals surface area contributed by atoms with Crippen molar-refractivity contribution in [3.8, 4) is 178 Å². The van der Waals surface area contributed by atoms with E-state index in [2.05, 4.69) is 598 Å². The second-order valence-corrected chi connectivity index (χ2v) is 37.9. The Labute approximate surface area is 857 Å². The molecule has 0 amide bonds. The predicted molar refractivity (Wildman–Crippen MR) is 624 cm³/mol. The molecule has 0 aliphatic carbocycles. The fraction of sp³-hybridized carbons (Fsp3) is 0. The molecule has 0 fully saturated rings. The van der Waals surface area contributed by atoms with Gasteiger partial charge >= 0.3 is 0 Å². The van der Waals surface area contributed by atoms with E-state index in [0.29, 0.717) is 0 Å². The second-order valence-electron chi connectivity index (χ2n) is 36.8. The highest BCUT2D eigenvalue weighted by molar-refractivity contribution is 7.25. The van der Waals surface area contributed by atoms with E-state index < -0.39 is 0 Å². The van der Waals surface area contributed by atoms with Crippen molar-refractivity contribution in [2.24, 2.45) is 0 Å². The molecule has 0 bridgehead atoms. The van der Waals surface area contributed by atoms with Crippen molar-refractivity contribution in [3.05, 3.63) is 589 Å². The number of benzene rings is 23. The highest BCUT2D eigenvalue weighted by Gasteiger charge is 2.19. The maximum Gasteiger partial charge on any atom is 0.0704 e. The van der Waals surface area contributed by atoms with Crippen LogP contribution in [0.4, 0.5) is 34.1 Å². The molecule has 0 radical (unpaired) electrons. The topological polar surface area (TPSA) is 49.0 Å². The van der Waals surface area contributed by atoms with Crippen molar-refractivity contribution in [1.29, 1.82) is 0 Å². The van der Waals surface area contributed by atoms with Crippen LogP contribution in [0.2, 0.25) is 0 Å². The molecular weight excluding hydrogens is 1780 g/mol. The quantitative estimate of drug-likeness (QED) is 0.0633. The number of nitrogens with one attached hydrogen (secondary N) is 3. The third-order valence-electron chi connectivity index (χ3n) is 27.0. The molecule has 0 atom stereocenters. The summed E-state index contributed by atoms with van der Waals surface area (Å²) in [4.78, 5) is 4.89. The fourth-order valence-corrected chi connectivity index (χ4v) is 20.7. The van der Waals surface area contributed by atoms with Crippen molar-refractivity contribution in [3.63, 3.8) is 0 Å². The SMILES string of the molecule is c1ccc(-c2cc(-c3ccccc3)cc(-c3ccc(Nc4ccc(-c5cc(-c6ccccc6)cc(-c6ccccc6)c5)nc4)cc3)c2)cc1.c1ccc(-c2cc(-c3ccccc3)cc(-c3ccc4sc5ccc(Nc6cc(-c7ccccc7)cc(-c7cccc8ccccc78)c6)cc5c4c3)c2)cc1.c1ccc(-c2cc(Nc3ccc(-c4cc(-c5ccccc5)cc(-c5ccccc5)c4)cc3)cc(-c3ccccc3)c2)cc1. The van der Waals surface area contributed by atoms with Gasteiger partial charge < -0.3 is 16.0 Å². The summed E-state index contributed by atoms with van der Waals surface area (Å²) < 4.78 is 2.57. The average molecular weight is 1880 g/mol. The Balaban J connectivity index is 0.000000122. The third kappa shape index (κ3) is 21.1. The molecular formula is C141H100N4S. The number of fused-ring (bicyclic) bond motifs is 4. The maximum atomic E-state index is 4.89. The Kier molecular flexibility index (Phi) is 26.6. The zero-order valence-corrected chi connectivity index (χ0v) is 81.2. The van der Waals surface area contributed by atoms with Crippen LogP contribution in [0.25, 0.3) is 209 Å². The molecule has 23 aromatic carbocycles. The fourth-order valence-electron chi connectivity index (χ4n) is 19.6. The van der Waals surface area contributed by atoms with E-state index in [4.69, 9.17) is 4.98 Å². The molecule has 25 aromatic rings. The Morgan fingerprint density at radius 1 is 0.130 bits per heavy atom. The Morgan fingerprint density at radius 3 is 0.692 bits per heavy atom. The molecule has 2 heterocycles. The van der Waals surface area contributed by atoms with Gasteiger partial charge in [0.1, 0.15) is 0 Å². The van der Waals surface area contributed by atoms with Gasteiger partial charge in [-0.15, -0.1) is 11.3 Å². The van der Waals surface area contributed by atoms with Crippen LogP contribution < -0.4 is 16.0 Å². The van der Waals surface area contributed by atoms with Crippen LogP contribution in [0.5, 0.6) is 0 Å². The zero-order chi connectivity index (χ0) is 97.5. The van der Waals surface area contributed by atoms with Crippen LogP contribution in [-0.2, 0) is 0 Å². The monoisotopic (exact) mass is 1880 g/mol. The van der Waals surface area contributed by atoms with Gasteiger partial charge in [0.25, 0.3) is 0 Å². The molecule has 4 nitrogen and oxygen atoms in total. The van der Waals surface area contributed by atoms with Crippen molar-refractivity contribution in [1.82, 2.24) is 4.98 Å². The number of hydrogen-bond donors (Lipinski definition) is 3. The summed E-state index contributed by atoms with van der Waals surface area (Å²) in [6.45, 7) is 0. The van der Waals surface area contributed by atoms with Gasteiger partial charge in [0.2, 0.25) is 0 Å². The third-order valence-corrected chi connectivity index (χ3v) is 28.2. The summed E-state index contributed by atoms with van der Waals surface area (Å²) in [5, 5.41) is 16.1.